The number of nitrogens with zero attached hydrogens (tertiary/aromatic N) is 2. The number of nitrogens with one attached hydrogen (secondary N) is 2. The SMILES string of the molecule is CCNC(=NCc1cc(-c2ccccc2)on1)NCCOC. The van der Waals surface area contributed by atoms with Crippen LogP contribution in [0.5, 0.6) is 0 Å². The highest BCUT2D eigenvalue weighted by Crippen LogP contribution is 2.19. The molecular formula is C16H22N4O2. The van der Waals surface area contributed by atoms with Crippen LogP contribution in [0.25, 0.3) is 11.3 Å². The molecule has 0 aliphatic rings. The summed E-state index contributed by atoms with van der Waals surface area (Å²) in [6.45, 7) is 4.62. The second kappa shape index (κ2) is 8.84. The van der Waals surface area contributed by atoms with Gasteiger partial charge in [0, 0.05) is 31.8 Å². The molecule has 118 valence electrons. The molecule has 6 nitrogen and oxygen atoms in total. The number of ether oxygens (including phenoxy) is 1. The highest BCUT2D eigenvalue weighted by Gasteiger charge is 2.06. The first kappa shape index (κ1) is 16.0. The van der Waals surface area contributed by atoms with Crippen molar-refractivity contribution in [3.05, 3.63) is 42.1 Å². The molecule has 2 rings (SSSR count). The first-order valence-corrected chi connectivity index (χ1v) is 7.35. The van der Waals surface area contributed by atoms with Crippen molar-refractivity contribution in [3.8, 4) is 11.3 Å². The molecule has 0 atom stereocenters. The maximum atomic E-state index is 5.36. The van der Waals surface area contributed by atoms with Gasteiger partial charge in [-0.1, -0.05) is 35.5 Å². The molecule has 1 aromatic heterocycles. The van der Waals surface area contributed by atoms with Crippen LogP contribution in [0.4, 0.5) is 0 Å². The third kappa shape index (κ3) is 4.89. The molecule has 0 fully saturated rings. The molecule has 0 unspecified atom stereocenters. The van der Waals surface area contributed by atoms with E-state index < -0.39 is 0 Å². The van der Waals surface area contributed by atoms with E-state index in [1.165, 1.54) is 0 Å². The predicted octanol–water partition coefficient (Wildman–Crippen LogP) is 2.04. The van der Waals surface area contributed by atoms with Crippen LogP contribution in [0.2, 0.25) is 0 Å². The lowest BCUT2D eigenvalue weighted by molar-refractivity contribution is 0.203. The summed E-state index contributed by atoms with van der Waals surface area (Å²) in [5, 5.41) is 10.4. The van der Waals surface area contributed by atoms with E-state index in [0.29, 0.717) is 19.7 Å². The fourth-order valence-corrected chi connectivity index (χ4v) is 1.90. The molecule has 0 spiro atoms. The maximum Gasteiger partial charge on any atom is 0.191 e. The molecule has 6 heteroatoms. The van der Waals surface area contributed by atoms with Gasteiger partial charge in [0.15, 0.2) is 11.7 Å². The zero-order valence-electron chi connectivity index (χ0n) is 13.0. The van der Waals surface area contributed by atoms with E-state index in [0.717, 1.165) is 29.5 Å². The summed E-state index contributed by atoms with van der Waals surface area (Å²) in [6, 6.07) is 11.8. The molecule has 2 aromatic rings. The van der Waals surface area contributed by atoms with E-state index in [1.807, 2.05) is 43.3 Å². The Balaban J connectivity index is 1.97. The minimum absolute atomic E-state index is 0.457. The van der Waals surface area contributed by atoms with Crippen molar-refractivity contribution in [1.29, 1.82) is 0 Å². The van der Waals surface area contributed by atoms with Gasteiger partial charge in [-0.3, -0.25) is 0 Å². The van der Waals surface area contributed by atoms with Crippen LogP contribution in [0.1, 0.15) is 12.6 Å². The molecule has 22 heavy (non-hydrogen) atoms. The second-order valence-corrected chi connectivity index (χ2v) is 4.66. The molecule has 0 amide bonds. The molecule has 0 radical (unpaired) electrons. The number of aromatic nitrogens is 1. The number of guanidine groups is 1. The quantitative estimate of drug-likeness (QED) is 0.465. The van der Waals surface area contributed by atoms with E-state index in [-0.39, 0.29) is 0 Å². The van der Waals surface area contributed by atoms with Gasteiger partial charge in [0.1, 0.15) is 5.69 Å². The van der Waals surface area contributed by atoms with Gasteiger partial charge >= 0.3 is 0 Å². The Hall–Kier alpha value is -2.34. The van der Waals surface area contributed by atoms with E-state index in [9.17, 15) is 0 Å². The highest BCUT2D eigenvalue weighted by molar-refractivity contribution is 5.79. The Kier molecular flexibility index (Phi) is 6.44. The van der Waals surface area contributed by atoms with Gasteiger partial charge in [0.2, 0.25) is 0 Å². The topological polar surface area (TPSA) is 71.7 Å². The van der Waals surface area contributed by atoms with Gasteiger partial charge in [-0.25, -0.2) is 4.99 Å². The zero-order valence-corrected chi connectivity index (χ0v) is 13.0. The van der Waals surface area contributed by atoms with Gasteiger partial charge in [0.25, 0.3) is 0 Å². The van der Waals surface area contributed by atoms with Crippen molar-refractivity contribution in [2.75, 3.05) is 26.8 Å². The Bertz CT molecular complexity index is 581. The van der Waals surface area contributed by atoms with Crippen LogP contribution in [-0.4, -0.2) is 37.9 Å². The first-order valence-electron chi connectivity index (χ1n) is 7.35. The molecule has 0 saturated carbocycles. The van der Waals surface area contributed by atoms with E-state index in [1.54, 1.807) is 7.11 Å². The summed E-state index contributed by atoms with van der Waals surface area (Å²) >= 11 is 0. The van der Waals surface area contributed by atoms with Crippen LogP contribution >= 0.6 is 0 Å². The Morgan fingerprint density at radius 3 is 2.82 bits per heavy atom. The van der Waals surface area contributed by atoms with Crippen LogP contribution in [0.3, 0.4) is 0 Å². The van der Waals surface area contributed by atoms with Crippen molar-refractivity contribution in [1.82, 2.24) is 15.8 Å². The number of rotatable bonds is 7. The third-order valence-corrected chi connectivity index (χ3v) is 2.96. The van der Waals surface area contributed by atoms with Crippen molar-refractivity contribution >= 4 is 5.96 Å². The molecular weight excluding hydrogens is 280 g/mol. The second-order valence-electron chi connectivity index (χ2n) is 4.66. The number of methoxy groups -OCH3 is 1. The minimum Gasteiger partial charge on any atom is -0.383 e. The summed E-state index contributed by atoms with van der Waals surface area (Å²) in [7, 11) is 1.67. The lowest BCUT2D eigenvalue weighted by Gasteiger charge is -2.09. The molecule has 1 aromatic carbocycles. The van der Waals surface area contributed by atoms with Crippen molar-refractivity contribution < 1.29 is 9.26 Å². The standard InChI is InChI=1S/C16H22N4O2/c1-3-17-16(18-9-10-21-2)19-12-14-11-15(22-20-14)13-7-5-4-6-8-13/h4-8,11H,3,9-10,12H2,1-2H3,(H2,17,18,19). The summed E-state index contributed by atoms with van der Waals surface area (Å²) < 4.78 is 10.4. The van der Waals surface area contributed by atoms with Gasteiger partial charge in [-0.2, -0.15) is 0 Å². The number of hydrogen-bond acceptors (Lipinski definition) is 4. The van der Waals surface area contributed by atoms with Gasteiger partial charge in [0.05, 0.1) is 13.2 Å². The van der Waals surface area contributed by atoms with Gasteiger partial charge < -0.3 is 19.9 Å². The van der Waals surface area contributed by atoms with Gasteiger partial charge in [-0.05, 0) is 6.92 Å². The number of aliphatic imine (C=N–C) groups is 1. The van der Waals surface area contributed by atoms with E-state index >= 15 is 0 Å². The molecule has 0 aliphatic carbocycles. The third-order valence-electron chi connectivity index (χ3n) is 2.96. The lowest BCUT2D eigenvalue weighted by atomic mass is 10.2. The average molecular weight is 302 g/mol. The number of benzene rings is 1. The zero-order chi connectivity index (χ0) is 15.6. The monoisotopic (exact) mass is 302 g/mol. The fourth-order valence-electron chi connectivity index (χ4n) is 1.90. The normalized spacial score (nSPS) is 11.5. The fraction of sp³-hybridized carbons (Fsp3) is 0.375. The molecule has 1 heterocycles. The smallest absolute Gasteiger partial charge is 0.191 e. The Morgan fingerprint density at radius 1 is 1.27 bits per heavy atom. The summed E-state index contributed by atoms with van der Waals surface area (Å²) in [6.07, 6.45) is 0. The predicted molar refractivity (Wildman–Crippen MR) is 86.6 cm³/mol. The van der Waals surface area contributed by atoms with Crippen LogP contribution in [-0.2, 0) is 11.3 Å². The van der Waals surface area contributed by atoms with E-state index in [4.69, 9.17) is 9.26 Å². The van der Waals surface area contributed by atoms with Crippen molar-refractivity contribution in [2.24, 2.45) is 4.99 Å². The maximum absolute atomic E-state index is 5.36. The average Bonchev–Trinajstić information content (AvgIpc) is 3.03. The molecule has 0 bridgehead atoms. The summed E-state index contributed by atoms with van der Waals surface area (Å²) in [5.74, 6) is 1.49. The first-order chi connectivity index (χ1) is 10.8. The Morgan fingerprint density at radius 2 is 2.09 bits per heavy atom. The number of hydrogen-bond donors (Lipinski definition) is 2. The molecule has 0 saturated heterocycles. The molecule has 2 N–H and O–H groups in total. The van der Waals surface area contributed by atoms with E-state index in [2.05, 4.69) is 20.8 Å². The summed E-state index contributed by atoms with van der Waals surface area (Å²) in [5.41, 5.74) is 1.80. The highest BCUT2D eigenvalue weighted by atomic mass is 16.5. The minimum atomic E-state index is 0.457. The van der Waals surface area contributed by atoms with Crippen molar-refractivity contribution in [2.45, 2.75) is 13.5 Å². The summed E-state index contributed by atoms with van der Waals surface area (Å²) in [4.78, 5) is 4.48. The van der Waals surface area contributed by atoms with Gasteiger partial charge in [-0.15, -0.1) is 0 Å². The van der Waals surface area contributed by atoms with Crippen LogP contribution < -0.4 is 10.6 Å². The lowest BCUT2D eigenvalue weighted by Crippen LogP contribution is -2.38. The largest absolute Gasteiger partial charge is 0.383 e. The molecule has 0 aliphatic heterocycles. The van der Waals surface area contributed by atoms with Crippen LogP contribution in [0, 0.1) is 0 Å². The Labute approximate surface area is 130 Å². The van der Waals surface area contributed by atoms with Crippen molar-refractivity contribution in [3.63, 3.8) is 0 Å². The van der Waals surface area contributed by atoms with Crippen LogP contribution in [0.15, 0.2) is 45.9 Å².